The van der Waals surface area contributed by atoms with Crippen molar-refractivity contribution in [2.45, 2.75) is 12.5 Å². The van der Waals surface area contributed by atoms with Gasteiger partial charge in [0.15, 0.2) is 0 Å². The molecule has 2 rings (SSSR count). The predicted molar refractivity (Wildman–Crippen MR) is 71.5 cm³/mol. The van der Waals surface area contributed by atoms with Gasteiger partial charge in [0, 0.05) is 28.1 Å². The SMILES string of the molecule is OC(Cc1ccc(F)cc1F)c1cc(Cl)ccc1Cl. The quantitative estimate of drug-likeness (QED) is 0.882. The molecular formula is C14H10Cl2F2O. The highest BCUT2D eigenvalue weighted by molar-refractivity contribution is 6.33. The average Bonchev–Trinajstić information content (AvgIpc) is 2.35. The summed E-state index contributed by atoms with van der Waals surface area (Å²) in [6.45, 7) is 0. The van der Waals surface area contributed by atoms with Crippen molar-refractivity contribution < 1.29 is 13.9 Å². The molecule has 1 unspecified atom stereocenters. The van der Waals surface area contributed by atoms with Gasteiger partial charge in [0.1, 0.15) is 11.6 Å². The van der Waals surface area contributed by atoms with Gasteiger partial charge in [0.25, 0.3) is 0 Å². The Morgan fingerprint density at radius 1 is 1.05 bits per heavy atom. The summed E-state index contributed by atoms with van der Waals surface area (Å²) < 4.78 is 26.3. The summed E-state index contributed by atoms with van der Waals surface area (Å²) in [5.41, 5.74) is 0.628. The van der Waals surface area contributed by atoms with E-state index in [1.807, 2.05) is 0 Å². The molecular weight excluding hydrogens is 293 g/mol. The van der Waals surface area contributed by atoms with Crippen LogP contribution in [0, 0.1) is 11.6 Å². The molecule has 1 nitrogen and oxygen atoms in total. The molecule has 5 heteroatoms. The number of hydrogen-bond acceptors (Lipinski definition) is 1. The van der Waals surface area contributed by atoms with Crippen LogP contribution >= 0.6 is 23.2 Å². The minimum Gasteiger partial charge on any atom is -0.388 e. The Hall–Kier alpha value is -1.16. The van der Waals surface area contributed by atoms with Crippen LogP contribution in [-0.4, -0.2) is 5.11 Å². The first kappa shape index (κ1) is 14.3. The van der Waals surface area contributed by atoms with E-state index < -0.39 is 17.7 Å². The molecule has 2 aromatic carbocycles. The molecule has 1 N–H and O–H groups in total. The number of rotatable bonds is 3. The fourth-order valence-electron chi connectivity index (χ4n) is 1.78. The molecule has 2 aromatic rings. The molecule has 0 saturated carbocycles. The second kappa shape index (κ2) is 5.87. The summed E-state index contributed by atoms with van der Waals surface area (Å²) >= 11 is 11.8. The minimum absolute atomic E-state index is 0.00776. The lowest BCUT2D eigenvalue weighted by Gasteiger charge is -2.13. The second-order valence-electron chi connectivity index (χ2n) is 4.12. The molecule has 0 saturated heterocycles. The highest BCUT2D eigenvalue weighted by Gasteiger charge is 2.15. The standard InChI is InChI=1S/C14H10Cl2F2O/c15-9-2-4-12(16)11(6-9)14(19)5-8-1-3-10(17)7-13(8)18/h1-4,6-7,14,19H,5H2. The number of benzene rings is 2. The maximum atomic E-state index is 13.5. The summed E-state index contributed by atoms with van der Waals surface area (Å²) in [7, 11) is 0. The van der Waals surface area contributed by atoms with Crippen molar-refractivity contribution >= 4 is 23.2 Å². The molecule has 0 amide bonds. The normalized spacial score (nSPS) is 12.5. The van der Waals surface area contributed by atoms with Gasteiger partial charge in [-0.15, -0.1) is 0 Å². The molecule has 19 heavy (non-hydrogen) atoms. The van der Waals surface area contributed by atoms with E-state index >= 15 is 0 Å². The third kappa shape index (κ3) is 3.44. The highest BCUT2D eigenvalue weighted by atomic mass is 35.5. The van der Waals surface area contributed by atoms with Crippen LogP contribution in [0.2, 0.25) is 10.0 Å². The largest absolute Gasteiger partial charge is 0.388 e. The van der Waals surface area contributed by atoms with Crippen molar-refractivity contribution in [1.82, 2.24) is 0 Å². The lowest BCUT2D eigenvalue weighted by Crippen LogP contribution is -2.04. The van der Waals surface area contributed by atoms with Crippen molar-refractivity contribution in [2.24, 2.45) is 0 Å². The highest BCUT2D eigenvalue weighted by Crippen LogP contribution is 2.29. The van der Waals surface area contributed by atoms with Crippen molar-refractivity contribution in [3.8, 4) is 0 Å². The molecule has 0 radical (unpaired) electrons. The molecule has 0 heterocycles. The lowest BCUT2D eigenvalue weighted by atomic mass is 10.0. The Kier molecular flexibility index (Phi) is 4.40. The first-order valence-electron chi connectivity index (χ1n) is 5.54. The Bertz CT molecular complexity index is 602. The van der Waals surface area contributed by atoms with E-state index in [1.165, 1.54) is 12.1 Å². The molecule has 1 atom stereocenters. The summed E-state index contributed by atoms with van der Waals surface area (Å²) in [4.78, 5) is 0. The van der Waals surface area contributed by atoms with Gasteiger partial charge >= 0.3 is 0 Å². The van der Waals surface area contributed by atoms with Crippen molar-refractivity contribution in [1.29, 1.82) is 0 Å². The van der Waals surface area contributed by atoms with Crippen LogP contribution in [0.25, 0.3) is 0 Å². The van der Waals surface area contributed by atoms with Gasteiger partial charge in [0.05, 0.1) is 6.10 Å². The first-order chi connectivity index (χ1) is 8.97. The zero-order valence-electron chi connectivity index (χ0n) is 9.71. The smallest absolute Gasteiger partial charge is 0.129 e. The maximum Gasteiger partial charge on any atom is 0.129 e. The summed E-state index contributed by atoms with van der Waals surface area (Å²) in [5, 5.41) is 10.8. The zero-order chi connectivity index (χ0) is 14.0. The maximum absolute atomic E-state index is 13.5. The molecule has 100 valence electrons. The number of hydrogen-bond donors (Lipinski definition) is 1. The van der Waals surface area contributed by atoms with Crippen LogP contribution < -0.4 is 0 Å². The molecule has 0 aliphatic carbocycles. The van der Waals surface area contributed by atoms with E-state index in [-0.39, 0.29) is 12.0 Å². The van der Waals surface area contributed by atoms with Crippen molar-refractivity contribution in [3.05, 3.63) is 69.2 Å². The van der Waals surface area contributed by atoms with Crippen molar-refractivity contribution in [2.75, 3.05) is 0 Å². The van der Waals surface area contributed by atoms with Gasteiger partial charge in [-0.05, 0) is 29.8 Å². The van der Waals surface area contributed by atoms with Crippen LogP contribution in [0.1, 0.15) is 17.2 Å². The van der Waals surface area contributed by atoms with Crippen LogP contribution in [0.5, 0.6) is 0 Å². The number of aliphatic hydroxyl groups excluding tert-OH is 1. The first-order valence-corrected chi connectivity index (χ1v) is 6.30. The molecule has 0 aliphatic rings. The summed E-state index contributed by atoms with van der Waals surface area (Å²) in [6, 6.07) is 7.90. The van der Waals surface area contributed by atoms with Crippen LogP contribution in [-0.2, 0) is 6.42 Å². The van der Waals surface area contributed by atoms with Gasteiger partial charge in [-0.2, -0.15) is 0 Å². The van der Waals surface area contributed by atoms with Gasteiger partial charge in [-0.3, -0.25) is 0 Å². The molecule has 0 aliphatic heterocycles. The van der Waals surface area contributed by atoms with Crippen molar-refractivity contribution in [3.63, 3.8) is 0 Å². The zero-order valence-corrected chi connectivity index (χ0v) is 11.2. The Labute approximate surface area is 119 Å². The third-order valence-electron chi connectivity index (χ3n) is 2.75. The second-order valence-corrected chi connectivity index (χ2v) is 4.97. The topological polar surface area (TPSA) is 20.2 Å². The third-order valence-corrected chi connectivity index (χ3v) is 3.32. The van der Waals surface area contributed by atoms with Gasteiger partial charge < -0.3 is 5.11 Å². The average molecular weight is 303 g/mol. The molecule has 0 fully saturated rings. The monoisotopic (exact) mass is 302 g/mol. The number of aliphatic hydroxyl groups is 1. The fourth-order valence-corrected chi connectivity index (χ4v) is 2.20. The van der Waals surface area contributed by atoms with Gasteiger partial charge in [-0.1, -0.05) is 29.3 Å². The Balaban J connectivity index is 2.25. The fraction of sp³-hybridized carbons (Fsp3) is 0.143. The van der Waals surface area contributed by atoms with Gasteiger partial charge in [0.2, 0.25) is 0 Å². The molecule has 0 aromatic heterocycles. The van der Waals surface area contributed by atoms with E-state index in [1.54, 1.807) is 12.1 Å². The van der Waals surface area contributed by atoms with E-state index in [2.05, 4.69) is 0 Å². The summed E-state index contributed by atoms with van der Waals surface area (Å²) in [5.74, 6) is -1.35. The van der Waals surface area contributed by atoms with E-state index in [9.17, 15) is 13.9 Å². The van der Waals surface area contributed by atoms with Crippen LogP contribution in [0.3, 0.4) is 0 Å². The number of halogens is 4. The minimum atomic E-state index is -1.01. The molecule has 0 bridgehead atoms. The van der Waals surface area contributed by atoms with E-state index in [0.29, 0.717) is 15.6 Å². The summed E-state index contributed by atoms with van der Waals surface area (Å²) in [6.07, 6.45) is -1.02. The van der Waals surface area contributed by atoms with Gasteiger partial charge in [-0.25, -0.2) is 8.78 Å². The van der Waals surface area contributed by atoms with Crippen LogP contribution in [0.15, 0.2) is 36.4 Å². The molecule has 0 spiro atoms. The van der Waals surface area contributed by atoms with Crippen LogP contribution in [0.4, 0.5) is 8.78 Å². The Morgan fingerprint density at radius 3 is 2.47 bits per heavy atom. The Morgan fingerprint density at radius 2 is 1.79 bits per heavy atom. The predicted octanol–water partition coefficient (Wildman–Crippen LogP) is 4.55. The van der Waals surface area contributed by atoms with E-state index in [4.69, 9.17) is 23.2 Å². The van der Waals surface area contributed by atoms with E-state index in [0.717, 1.165) is 12.1 Å². The lowest BCUT2D eigenvalue weighted by molar-refractivity contribution is 0.177.